The molecule has 2 saturated heterocycles. The number of fused-ring (bicyclic) bond motifs is 6. The molecule has 0 radical (unpaired) electrons. The molecule has 8 rings (SSSR count). The summed E-state index contributed by atoms with van der Waals surface area (Å²) < 4.78 is 25.7. The molecule has 2 fully saturated rings. The van der Waals surface area contributed by atoms with Gasteiger partial charge in [0.1, 0.15) is 6.33 Å². The van der Waals surface area contributed by atoms with Crippen molar-refractivity contribution in [2.75, 3.05) is 0 Å². The number of aromatic nitrogens is 2. The minimum absolute atomic E-state index is 0.410. The minimum atomic E-state index is -0.439. The number of rotatable bonds is 2. The van der Waals surface area contributed by atoms with Gasteiger partial charge in [0, 0.05) is 21.5 Å². The lowest BCUT2D eigenvalue weighted by molar-refractivity contribution is 0.00578. The van der Waals surface area contributed by atoms with E-state index in [1.165, 1.54) is 5.39 Å². The van der Waals surface area contributed by atoms with Gasteiger partial charge in [-0.3, -0.25) is 0 Å². The van der Waals surface area contributed by atoms with E-state index >= 15 is 0 Å². The highest BCUT2D eigenvalue weighted by atomic mass is 16.7. The molecule has 6 nitrogen and oxygen atoms in total. The van der Waals surface area contributed by atoms with Crippen LogP contribution in [0.5, 0.6) is 0 Å². The van der Waals surface area contributed by atoms with Crippen molar-refractivity contribution in [3.8, 4) is 0 Å². The number of benzene rings is 5. The first-order valence-corrected chi connectivity index (χ1v) is 14.8. The molecular weight excluding hydrogens is 522 g/mol. The van der Waals surface area contributed by atoms with Gasteiger partial charge >= 0.3 is 14.2 Å². The molecule has 0 bridgehead atoms. The molecule has 0 atom stereocenters. The summed E-state index contributed by atoms with van der Waals surface area (Å²) in [6.45, 7) is 16.7. The van der Waals surface area contributed by atoms with Gasteiger partial charge in [-0.25, -0.2) is 9.97 Å². The van der Waals surface area contributed by atoms with Crippen LogP contribution in [0.4, 0.5) is 0 Å². The average Bonchev–Trinajstić information content (AvgIpc) is 3.31. The molecule has 0 saturated carbocycles. The lowest BCUT2D eigenvalue weighted by Crippen LogP contribution is -2.41. The Balaban J connectivity index is 1.39. The molecule has 2 aliphatic rings. The Morgan fingerprint density at radius 3 is 1.29 bits per heavy atom. The molecule has 8 heteroatoms. The van der Waals surface area contributed by atoms with Crippen LogP contribution in [0, 0.1) is 0 Å². The second-order valence-corrected chi connectivity index (χ2v) is 14.0. The Labute approximate surface area is 246 Å². The maximum atomic E-state index is 6.42. The van der Waals surface area contributed by atoms with Gasteiger partial charge in [0.25, 0.3) is 0 Å². The summed E-state index contributed by atoms with van der Waals surface area (Å²) in [5.74, 6) is 0. The van der Waals surface area contributed by atoms with Crippen LogP contribution in [0.25, 0.3) is 54.1 Å². The van der Waals surface area contributed by atoms with E-state index in [9.17, 15) is 0 Å². The van der Waals surface area contributed by atoms with E-state index in [4.69, 9.17) is 28.6 Å². The molecule has 210 valence electrons. The molecular formula is C34H34B2N2O4. The van der Waals surface area contributed by atoms with Crippen molar-refractivity contribution >= 4 is 79.3 Å². The van der Waals surface area contributed by atoms with Gasteiger partial charge in [-0.15, -0.1) is 0 Å². The highest BCUT2D eigenvalue weighted by Gasteiger charge is 2.52. The van der Waals surface area contributed by atoms with Crippen LogP contribution in [0.3, 0.4) is 0 Å². The maximum absolute atomic E-state index is 6.42. The van der Waals surface area contributed by atoms with Gasteiger partial charge in [0.15, 0.2) is 0 Å². The van der Waals surface area contributed by atoms with Crippen molar-refractivity contribution in [2.24, 2.45) is 0 Å². The van der Waals surface area contributed by atoms with Gasteiger partial charge in [0.2, 0.25) is 0 Å². The highest BCUT2D eigenvalue weighted by molar-refractivity contribution is 6.63. The number of hydrogen-bond acceptors (Lipinski definition) is 6. The third-order valence-corrected chi connectivity index (χ3v) is 10.4. The summed E-state index contributed by atoms with van der Waals surface area (Å²) in [6.07, 6.45) is 1.69. The molecule has 0 spiro atoms. The third-order valence-electron chi connectivity index (χ3n) is 10.4. The van der Waals surface area contributed by atoms with Gasteiger partial charge < -0.3 is 18.6 Å². The lowest BCUT2D eigenvalue weighted by Gasteiger charge is -2.32. The maximum Gasteiger partial charge on any atom is 0.494 e. The first kappa shape index (κ1) is 26.3. The largest absolute Gasteiger partial charge is 0.494 e. The fourth-order valence-corrected chi connectivity index (χ4v) is 6.54. The van der Waals surface area contributed by atoms with Gasteiger partial charge in [0.05, 0.1) is 33.4 Å². The van der Waals surface area contributed by atoms with Crippen molar-refractivity contribution in [2.45, 2.75) is 77.8 Å². The number of nitrogens with zero attached hydrogens (tertiary/aromatic N) is 2. The smallest absolute Gasteiger partial charge is 0.399 e. The van der Waals surface area contributed by atoms with E-state index in [-0.39, 0.29) is 0 Å². The fraction of sp³-hybridized carbons (Fsp3) is 0.353. The monoisotopic (exact) mass is 556 g/mol. The van der Waals surface area contributed by atoms with E-state index < -0.39 is 36.6 Å². The molecule has 5 aromatic carbocycles. The fourth-order valence-electron chi connectivity index (χ4n) is 6.54. The second kappa shape index (κ2) is 8.20. The lowest BCUT2D eigenvalue weighted by atomic mass is 9.76. The first-order chi connectivity index (χ1) is 19.8. The van der Waals surface area contributed by atoms with Gasteiger partial charge in [-0.1, -0.05) is 54.6 Å². The van der Waals surface area contributed by atoms with Crippen molar-refractivity contribution in [3.63, 3.8) is 0 Å². The standard InChI is InChI=1S/C34H34B2N2O4/c1-31(2)32(3,4)40-35(39-31)19-12-14-23-25(16-19)21-10-9-11-22-26-17-20(36-41-33(5,6)34(7,8)42-36)13-15-24(26)30-28(27(21)22)29(23)37-18-38-30/h9-18H,1-8H3. The molecule has 0 amide bonds. The van der Waals surface area contributed by atoms with E-state index in [1.807, 2.05) is 0 Å². The Bertz CT molecular complexity index is 1920. The van der Waals surface area contributed by atoms with Crippen LogP contribution in [0.1, 0.15) is 55.4 Å². The molecule has 2 aliphatic heterocycles. The Morgan fingerprint density at radius 2 is 0.881 bits per heavy atom. The van der Waals surface area contributed by atoms with Crippen molar-refractivity contribution in [1.82, 2.24) is 9.97 Å². The zero-order valence-corrected chi connectivity index (χ0v) is 25.5. The first-order valence-electron chi connectivity index (χ1n) is 14.8. The van der Waals surface area contributed by atoms with Crippen LogP contribution < -0.4 is 10.9 Å². The van der Waals surface area contributed by atoms with Crippen molar-refractivity contribution in [3.05, 3.63) is 60.9 Å². The zero-order chi connectivity index (χ0) is 29.4. The quantitative estimate of drug-likeness (QED) is 0.142. The normalized spacial score (nSPS) is 21.1. The Morgan fingerprint density at radius 1 is 0.476 bits per heavy atom. The third kappa shape index (κ3) is 3.44. The van der Waals surface area contributed by atoms with Crippen LogP contribution >= 0.6 is 0 Å². The highest BCUT2D eigenvalue weighted by Crippen LogP contribution is 2.44. The van der Waals surface area contributed by atoms with Crippen LogP contribution in [-0.4, -0.2) is 46.6 Å². The number of hydrogen-bond donors (Lipinski definition) is 0. The molecule has 42 heavy (non-hydrogen) atoms. The molecule has 1 aromatic heterocycles. The zero-order valence-electron chi connectivity index (χ0n) is 25.5. The minimum Gasteiger partial charge on any atom is -0.399 e. The molecule has 6 aromatic rings. The summed E-state index contributed by atoms with van der Waals surface area (Å²) in [4.78, 5) is 9.68. The molecule has 0 N–H and O–H groups in total. The second-order valence-electron chi connectivity index (χ2n) is 14.0. The van der Waals surface area contributed by atoms with E-state index in [2.05, 4.69) is 110 Å². The average molecular weight is 556 g/mol. The topological polar surface area (TPSA) is 62.7 Å². The predicted molar refractivity (Wildman–Crippen MR) is 172 cm³/mol. The van der Waals surface area contributed by atoms with Gasteiger partial charge in [-0.2, -0.15) is 0 Å². The summed E-state index contributed by atoms with van der Waals surface area (Å²) in [5.41, 5.74) is 2.27. The van der Waals surface area contributed by atoms with E-state index in [0.29, 0.717) is 0 Å². The Kier molecular flexibility index (Phi) is 5.15. The molecule has 0 unspecified atom stereocenters. The van der Waals surface area contributed by atoms with Crippen molar-refractivity contribution < 1.29 is 18.6 Å². The summed E-state index contributed by atoms with van der Waals surface area (Å²) in [5, 5.41) is 9.03. The molecule has 0 aliphatic carbocycles. The SMILES string of the molecule is CC1(C)OB(c2ccc3c(c2)c2cccc4c5cc(B6OC(C)(C)C(C)(C)O6)ccc5c5ncnc3c5c24)OC1(C)C. The summed E-state index contributed by atoms with van der Waals surface area (Å²) in [7, 11) is -0.879. The molecule has 3 heterocycles. The van der Waals surface area contributed by atoms with Crippen LogP contribution in [0.15, 0.2) is 60.9 Å². The van der Waals surface area contributed by atoms with E-state index in [0.717, 1.165) is 59.7 Å². The Hall–Kier alpha value is -3.29. The predicted octanol–water partition coefficient (Wildman–Crippen LogP) is 6.28. The van der Waals surface area contributed by atoms with Crippen molar-refractivity contribution in [1.29, 1.82) is 0 Å². The van der Waals surface area contributed by atoms with Crippen LogP contribution in [0.2, 0.25) is 0 Å². The summed E-state index contributed by atoms with van der Waals surface area (Å²) in [6, 6.07) is 19.5. The van der Waals surface area contributed by atoms with Gasteiger partial charge in [-0.05, 0) is 87.9 Å². The van der Waals surface area contributed by atoms with Crippen LogP contribution in [-0.2, 0) is 18.6 Å². The summed E-state index contributed by atoms with van der Waals surface area (Å²) >= 11 is 0. The van der Waals surface area contributed by atoms with E-state index in [1.54, 1.807) is 6.33 Å².